The van der Waals surface area contributed by atoms with Gasteiger partial charge in [-0.05, 0) is 75.2 Å². The first-order chi connectivity index (χ1) is 18.9. The molecule has 1 atom stereocenters. The van der Waals surface area contributed by atoms with Crippen LogP contribution in [0.2, 0.25) is 0 Å². The number of nitrogens with zero attached hydrogens (tertiary/aromatic N) is 5. The predicted octanol–water partition coefficient (Wildman–Crippen LogP) is 4.05. The molecule has 2 aromatic carbocycles. The third kappa shape index (κ3) is 6.33. The number of hydrogen-bond donors (Lipinski definition) is 2. The number of hydrogen-bond acceptors (Lipinski definition) is 7. The van der Waals surface area contributed by atoms with Crippen molar-refractivity contribution in [2.45, 2.75) is 45.7 Å². The standard InChI is InChI=1S/C31H42N6O2/c1-22-19-23(2)30(34-25-12-15-35(16-13-25)28(33-5)11-14-32-4)24(3)29(22)31(39)36-17-18-37(27(20-36)21-38)26-9-7-6-8-10-26/h6-11,14,19,25,27,34,38H,5,12-13,15-18,20-21H2,1-4H3/b28-11+,32-14?/t27-/m0/s1. The molecule has 2 fully saturated rings. The zero-order valence-electron chi connectivity index (χ0n) is 23.7. The van der Waals surface area contributed by atoms with Crippen LogP contribution in [-0.4, -0.2) is 92.2 Å². The van der Waals surface area contributed by atoms with Crippen LogP contribution in [0, 0.1) is 20.8 Å². The van der Waals surface area contributed by atoms with Gasteiger partial charge in [-0.3, -0.25) is 9.79 Å². The molecule has 2 N–H and O–H groups in total. The van der Waals surface area contributed by atoms with E-state index in [1.54, 1.807) is 13.3 Å². The van der Waals surface area contributed by atoms with Crippen LogP contribution >= 0.6 is 0 Å². The van der Waals surface area contributed by atoms with Gasteiger partial charge in [0.05, 0.1) is 12.6 Å². The average molecular weight is 531 g/mol. The fraction of sp³-hybridized carbons (Fsp3) is 0.452. The maximum atomic E-state index is 13.9. The number of likely N-dealkylation sites (tertiary alicyclic amines) is 1. The number of carbonyl (C=O) groups is 1. The van der Waals surface area contributed by atoms with Gasteiger partial charge in [-0.25, -0.2) is 4.99 Å². The molecule has 4 rings (SSSR count). The number of aryl methyl sites for hydroxylation is 2. The molecule has 208 valence electrons. The summed E-state index contributed by atoms with van der Waals surface area (Å²) in [6, 6.07) is 12.4. The molecular weight excluding hydrogens is 488 g/mol. The summed E-state index contributed by atoms with van der Waals surface area (Å²) in [5, 5.41) is 13.9. The molecular formula is C31H42N6O2. The van der Waals surface area contributed by atoms with Gasteiger partial charge in [0.25, 0.3) is 5.91 Å². The smallest absolute Gasteiger partial charge is 0.254 e. The molecule has 2 aliphatic rings. The lowest BCUT2D eigenvalue weighted by Gasteiger charge is -2.42. The lowest BCUT2D eigenvalue weighted by Crippen LogP contribution is -2.56. The van der Waals surface area contributed by atoms with Crippen LogP contribution < -0.4 is 10.2 Å². The first-order valence-corrected chi connectivity index (χ1v) is 13.8. The van der Waals surface area contributed by atoms with Crippen molar-refractivity contribution in [2.24, 2.45) is 9.98 Å². The normalized spacial score (nSPS) is 19.1. The van der Waals surface area contributed by atoms with Gasteiger partial charge in [-0.1, -0.05) is 24.3 Å². The molecule has 0 aliphatic carbocycles. The number of rotatable bonds is 8. The van der Waals surface area contributed by atoms with Crippen molar-refractivity contribution in [3.8, 4) is 0 Å². The molecule has 1 amide bonds. The van der Waals surface area contributed by atoms with Crippen molar-refractivity contribution in [3.63, 3.8) is 0 Å². The van der Waals surface area contributed by atoms with Gasteiger partial charge in [0.1, 0.15) is 5.82 Å². The van der Waals surface area contributed by atoms with Crippen molar-refractivity contribution in [1.82, 2.24) is 9.80 Å². The number of aliphatic hydroxyl groups is 1. The summed E-state index contributed by atoms with van der Waals surface area (Å²) in [5.41, 5.74) is 6.04. The first kappa shape index (κ1) is 28.4. The number of benzene rings is 2. The zero-order chi connectivity index (χ0) is 27.9. The quantitative estimate of drug-likeness (QED) is 0.503. The SMILES string of the molecule is C=N/C(=C\C=NC)N1CCC(Nc2c(C)cc(C)c(C(=O)N3CCN(c4ccccc4)[C@H](CO)C3)c2C)CC1. The maximum Gasteiger partial charge on any atom is 0.254 e. The Balaban J connectivity index is 1.48. The molecule has 8 nitrogen and oxygen atoms in total. The summed E-state index contributed by atoms with van der Waals surface area (Å²) in [7, 11) is 1.74. The van der Waals surface area contributed by atoms with E-state index in [0.29, 0.717) is 25.7 Å². The second-order valence-corrected chi connectivity index (χ2v) is 10.5. The summed E-state index contributed by atoms with van der Waals surface area (Å²) >= 11 is 0. The van der Waals surface area contributed by atoms with E-state index in [4.69, 9.17) is 0 Å². The highest BCUT2D eigenvalue weighted by Crippen LogP contribution is 2.31. The highest BCUT2D eigenvalue weighted by atomic mass is 16.3. The second-order valence-electron chi connectivity index (χ2n) is 10.5. The number of aliphatic hydroxyl groups excluding tert-OH is 1. The van der Waals surface area contributed by atoms with E-state index in [-0.39, 0.29) is 18.6 Å². The fourth-order valence-corrected chi connectivity index (χ4v) is 5.91. The van der Waals surface area contributed by atoms with Crippen molar-refractivity contribution in [1.29, 1.82) is 0 Å². The van der Waals surface area contributed by atoms with Gasteiger partial charge in [-0.2, -0.15) is 0 Å². The maximum absolute atomic E-state index is 13.9. The summed E-state index contributed by atoms with van der Waals surface area (Å²) < 4.78 is 0. The Hall–Kier alpha value is -3.65. The largest absolute Gasteiger partial charge is 0.394 e. The highest BCUT2D eigenvalue weighted by molar-refractivity contribution is 5.99. The van der Waals surface area contributed by atoms with Crippen LogP contribution in [0.5, 0.6) is 0 Å². The molecule has 0 spiro atoms. The molecule has 0 bridgehead atoms. The molecule has 0 unspecified atom stereocenters. The van der Waals surface area contributed by atoms with E-state index in [1.165, 1.54) is 0 Å². The number of piperidine rings is 1. The van der Waals surface area contributed by atoms with Crippen molar-refractivity contribution < 1.29 is 9.90 Å². The minimum absolute atomic E-state index is 0.000436. The summed E-state index contributed by atoms with van der Waals surface area (Å²) in [4.78, 5) is 28.4. The third-order valence-electron chi connectivity index (χ3n) is 7.96. The second kappa shape index (κ2) is 12.9. The van der Waals surface area contributed by atoms with Gasteiger partial charge < -0.3 is 25.1 Å². The number of allylic oxidation sites excluding steroid dienone is 1. The Labute approximate surface area is 232 Å². The summed E-state index contributed by atoms with van der Waals surface area (Å²) in [5.74, 6) is 0.890. The number of amides is 1. The highest BCUT2D eigenvalue weighted by Gasteiger charge is 2.32. The minimum atomic E-state index is -0.133. The molecule has 2 heterocycles. The predicted molar refractivity (Wildman–Crippen MR) is 161 cm³/mol. The monoisotopic (exact) mass is 530 g/mol. The Morgan fingerprint density at radius 3 is 2.44 bits per heavy atom. The van der Waals surface area contributed by atoms with E-state index in [9.17, 15) is 9.90 Å². The van der Waals surface area contributed by atoms with Crippen LogP contribution in [0.25, 0.3) is 0 Å². The van der Waals surface area contributed by atoms with E-state index in [1.807, 2.05) is 36.1 Å². The fourth-order valence-electron chi connectivity index (χ4n) is 5.91. The van der Waals surface area contributed by atoms with Gasteiger partial charge in [0.15, 0.2) is 0 Å². The molecule has 2 aromatic rings. The van der Waals surface area contributed by atoms with Gasteiger partial charge in [0, 0.05) is 69.0 Å². The topological polar surface area (TPSA) is 83.8 Å². The lowest BCUT2D eigenvalue weighted by atomic mass is 9.94. The van der Waals surface area contributed by atoms with E-state index < -0.39 is 0 Å². The number of piperazine rings is 1. The van der Waals surface area contributed by atoms with Crippen LogP contribution in [0.1, 0.15) is 39.9 Å². The van der Waals surface area contributed by atoms with E-state index >= 15 is 0 Å². The first-order valence-electron chi connectivity index (χ1n) is 13.8. The number of nitrogens with one attached hydrogen (secondary N) is 1. The van der Waals surface area contributed by atoms with Crippen molar-refractivity contribution >= 4 is 30.2 Å². The third-order valence-corrected chi connectivity index (χ3v) is 7.96. The molecule has 0 saturated carbocycles. The zero-order valence-corrected chi connectivity index (χ0v) is 23.7. The Morgan fingerprint density at radius 2 is 1.79 bits per heavy atom. The van der Waals surface area contributed by atoms with Gasteiger partial charge in [0.2, 0.25) is 0 Å². The van der Waals surface area contributed by atoms with Crippen LogP contribution in [0.15, 0.2) is 58.3 Å². The molecule has 2 saturated heterocycles. The Kier molecular flexibility index (Phi) is 9.41. The van der Waals surface area contributed by atoms with Crippen LogP contribution in [-0.2, 0) is 0 Å². The van der Waals surface area contributed by atoms with Crippen molar-refractivity contribution in [3.05, 3.63) is 70.5 Å². The molecule has 39 heavy (non-hydrogen) atoms. The molecule has 0 aromatic heterocycles. The lowest BCUT2D eigenvalue weighted by molar-refractivity contribution is 0.0698. The Bertz CT molecular complexity index is 1220. The number of para-hydroxylation sites is 1. The Morgan fingerprint density at radius 1 is 1.08 bits per heavy atom. The van der Waals surface area contributed by atoms with Crippen LogP contribution in [0.4, 0.5) is 11.4 Å². The number of anilines is 2. The molecule has 8 heteroatoms. The minimum Gasteiger partial charge on any atom is -0.394 e. The summed E-state index contributed by atoms with van der Waals surface area (Å²) in [6.45, 7) is 13.5. The van der Waals surface area contributed by atoms with E-state index in [2.05, 4.69) is 63.9 Å². The van der Waals surface area contributed by atoms with Gasteiger partial charge in [-0.15, -0.1) is 0 Å². The average Bonchev–Trinajstić information content (AvgIpc) is 2.96. The number of carbonyl (C=O) groups excluding carboxylic acids is 1. The van der Waals surface area contributed by atoms with Gasteiger partial charge >= 0.3 is 0 Å². The molecule has 0 radical (unpaired) electrons. The van der Waals surface area contributed by atoms with Crippen molar-refractivity contribution in [2.75, 3.05) is 56.6 Å². The van der Waals surface area contributed by atoms with Crippen LogP contribution in [0.3, 0.4) is 0 Å². The number of aliphatic imine (C=N–C) groups is 2. The van der Waals surface area contributed by atoms with E-state index in [0.717, 1.165) is 65.4 Å². The summed E-state index contributed by atoms with van der Waals surface area (Å²) in [6.07, 6.45) is 5.57. The molecule has 2 aliphatic heterocycles.